The van der Waals surface area contributed by atoms with Crippen LogP contribution in [0.2, 0.25) is 0 Å². The Morgan fingerprint density at radius 3 is 3.11 bits per heavy atom. The molecule has 19 heavy (non-hydrogen) atoms. The van der Waals surface area contributed by atoms with Gasteiger partial charge in [-0.2, -0.15) is 4.98 Å². The van der Waals surface area contributed by atoms with E-state index in [1.165, 1.54) is 5.56 Å². The van der Waals surface area contributed by atoms with Crippen LogP contribution in [0, 0.1) is 0 Å². The van der Waals surface area contributed by atoms with Gasteiger partial charge >= 0.3 is 0 Å². The Kier molecular flexibility index (Phi) is 3.21. The quantitative estimate of drug-likeness (QED) is 0.914. The highest BCUT2D eigenvalue weighted by molar-refractivity contribution is 5.36. The number of rotatable bonds is 3. The first kappa shape index (κ1) is 12.2. The van der Waals surface area contributed by atoms with Gasteiger partial charge in [0.1, 0.15) is 5.75 Å². The highest BCUT2D eigenvalue weighted by atomic mass is 16.5. The summed E-state index contributed by atoms with van der Waals surface area (Å²) >= 11 is 0. The number of para-hydroxylation sites is 1. The molecule has 2 atom stereocenters. The number of nitrogens with two attached hydrogens (primary N) is 1. The van der Waals surface area contributed by atoms with E-state index < -0.39 is 0 Å². The Balaban J connectivity index is 1.79. The second kappa shape index (κ2) is 5.01. The minimum Gasteiger partial charge on any atom is -0.493 e. The largest absolute Gasteiger partial charge is 0.493 e. The van der Waals surface area contributed by atoms with Gasteiger partial charge in [-0.1, -0.05) is 30.3 Å². The summed E-state index contributed by atoms with van der Waals surface area (Å²) in [5.74, 6) is 2.29. The molecule has 100 valence electrons. The van der Waals surface area contributed by atoms with Crippen LogP contribution in [0.15, 0.2) is 28.8 Å². The fraction of sp³-hybridized carbons (Fsp3) is 0.429. The predicted octanol–water partition coefficient (Wildman–Crippen LogP) is 2.20. The third kappa shape index (κ3) is 2.33. The Bertz CT molecular complexity index is 567. The Hall–Kier alpha value is -1.88. The zero-order valence-corrected chi connectivity index (χ0v) is 10.9. The zero-order chi connectivity index (χ0) is 13.2. The number of nitrogens with zero attached hydrogens (tertiary/aromatic N) is 2. The first-order chi connectivity index (χ1) is 9.28. The molecule has 3 rings (SSSR count). The maximum atomic E-state index is 5.89. The van der Waals surface area contributed by atoms with Crippen molar-refractivity contribution in [3.8, 4) is 5.75 Å². The molecule has 1 aliphatic heterocycles. The molecule has 0 spiro atoms. The number of ether oxygens (including phenoxy) is 1. The Morgan fingerprint density at radius 1 is 1.42 bits per heavy atom. The minimum atomic E-state index is -0.182. The number of hydrogen-bond acceptors (Lipinski definition) is 5. The van der Waals surface area contributed by atoms with Crippen molar-refractivity contribution in [2.24, 2.45) is 5.73 Å². The van der Waals surface area contributed by atoms with Gasteiger partial charge in [0.2, 0.25) is 5.89 Å². The van der Waals surface area contributed by atoms with Crippen molar-refractivity contribution in [1.82, 2.24) is 10.1 Å². The lowest BCUT2D eigenvalue weighted by Crippen LogP contribution is -2.20. The summed E-state index contributed by atoms with van der Waals surface area (Å²) in [5, 5.41) is 4.04. The van der Waals surface area contributed by atoms with Gasteiger partial charge in [0, 0.05) is 0 Å². The van der Waals surface area contributed by atoms with E-state index in [-0.39, 0.29) is 12.0 Å². The Morgan fingerprint density at radius 2 is 2.26 bits per heavy atom. The van der Waals surface area contributed by atoms with E-state index in [9.17, 15) is 0 Å². The molecule has 5 nitrogen and oxygen atoms in total. The van der Waals surface area contributed by atoms with Crippen LogP contribution in [0.25, 0.3) is 0 Å². The van der Waals surface area contributed by atoms with Crippen molar-refractivity contribution in [1.29, 1.82) is 0 Å². The lowest BCUT2D eigenvalue weighted by atomic mass is 9.96. The molecule has 0 bridgehead atoms. The van der Waals surface area contributed by atoms with Crippen molar-refractivity contribution in [2.75, 3.05) is 6.61 Å². The first-order valence-electron chi connectivity index (χ1n) is 6.57. The summed E-state index contributed by atoms with van der Waals surface area (Å²) in [5.41, 5.74) is 7.07. The van der Waals surface area contributed by atoms with Crippen LogP contribution in [0.1, 0.15) is 42.6 Å². The molecular weight excluding hydrogens is 242 g/mol. The second-order valence-electron chi connectivity index (χ2n) is 4.83. The molecule has 1 aromatic carbocycles. The minimum absolute atomic E-state index is 0.136. The summed E-state index contributed by atoms with van der Waals surface area (Å²) in [6.07, 6.45) is 1.65. The normalized spacial score (nSPS) is 19.6. The van der Waals surface area contributed by atoms with Crippen LogP contribution in [0.4, 0.5) is 0 Å². The highest BCUT2D eigenvalue weighted by Gasteiger charge is 2.26. The van der Waals surface area contributed by atoms with Crippen molar-refractivity contribution in [3.63, 3.8) is 0 Å². The van der Waals surface area contributed by atoms with Crippen molar-refractivity contribution < 1.29 is 9.26 Å². The predicted molar refractivity (Wildman–Crippen MR) is 69.9 cm³/mol. The van der Waals surface area contributed by atoms with Gasteiger partial charge in [-0.25, -0.2) is 0 Å². The average molecular weight is 259 g/mol. The zero-order valence-electron chi connectivity index (χ0n) is 10.9. The molecule has 0 fully saturated rings. The molecule has 2 heterocycles. The van der Waals surface area contributed by atoms with E-state index in [1.54, 1.807) is 0 Å². The first-order valence-corrected chi connectivity index (χ1v) is 6.57. The SMILES string of the molecule is CCC(N)c1nc(C2COc3ccccc3C2)no1. The molecule has 1 aliphatic rings. The van der Waals surface area contributed by atoms with E-state index in [2.05, 4.69) is 16.2 Å². The summed E-state index contributed by atoms with van der Waals surface area (Å²) in [6, 6.07) is 7.86. The van der Waals surface area contributed by atoms with E-state index in [0.29, 0.717) is 18.3 Å². The smallest absolute Gasteiger partial charge is 0.243 e. The maximum Gasteiger partial charge on any atom is 0.243 e. The summed E-state index contributed by atoms with van der Waals surface area (Å²) < 4.78 is 11.0. The fourth-order valence-corrected chi connectivity index (χ4v) is 2.23. The topological polar surface area (TPSA) is 74.2 Å². The van der Waals surface area contributed by atoms with Gasteiger partial charge in [0.25, 0.3) is 0 Å². The number of benzene rings is 1. The summed E-state index contributed by atoms with van der Waals surface area (Å²) in [4.78, 5) is 4.39. The third-order valence-electron chi connectivity index (χ3n) is 3.46. The standard InChI is InChI=1S/C14H17N3O2/c1-2-11(15)14-16-13(17-19-14)10-7-9-5-3-4-6-12(9)18-8-10/h3-6,10-11H,2,7-8,15H2,1H3. The van der Waals surface area contributed by atoms with Gasteiger partial charge in [-0.05, 0) is 24.5 Å². The van der Waals surface area contributed by atoms with Gasteiger partial charge < -0.3 is 15.0 Å². The van der Waals surface area contributed by atoms with Gasteiger partial charge in [0.15, 0.2) is 5.82 Å². The molecule has 0 aliphatic carbocycles. The van der Waals surface area contributed by atoms with Gasteiger partial charge in [-0.3, -0.25) is 0 Å². The number of hydrogen-bond donors (Lipinski definition) is 1. The molecule has 0 saturated carbocycles. The molecule has 1 aromatic heterocycles. The number of fused-ring (bicyclic) bond motifs is 1. The molecule has 0 amide bonds. The molecule has 0 saturated heterocycles. The monoisotopic (exact) mass is 259 g/mol. The maximum absolute atomic E-state index is 5.89. The van der Waals surface area contributed by atoms with Crippen molar-refractivity contribution in [3.05, 3.63) is 41.5 Å². The van der Waals surface area contributed by atoms with Crippen LogP contribution < -0.4 is 10.5 Å². The van der Waals surface area contributed by atoms with Gasteiger partial charge in [-0.15, -0.1) is 0 Å². The van der Waals surface area contributed by atoms with Gasteiger partial charge in [0.05, 0.1) is 18.6 Å². The molecule has 5 heteroatoms. The average Bonchev–Trinajstić information content (AvgIpc) is 2.95. The molecule has 0 radical (unpaired) electrons. The Labute approximate surface area is 111 Å². The molecule has 2 N–H and O–H groups in total. The van der Waals surface area contributed by atoms with Crippen LogP contribution >= 0.6 is 0 Å². The summed E-state index contributed by atoms with van der Waals surface area (Å²) in [6.45, 7) is 2.58. The van der Waals surface area contributed by atoms with Crippen LogP contribution in [-0.2, 0) is 6.42 Å². The third-order valence-corrected chi connectivity index (χ3v) is 3.46. The van der Waals surface area contributed by atoms with Crippen LogP contribution in [0.3, 0.4) is 0 Å². The van der Waals surface area contributed by atoms with Crippen LogP contribution in [0.5, 0.6) is 5.75 Å². The van der Waals surface area contributed by atoms with E-state index in [1.807, 2.05) is 25.1 Å². The van der Waals surface area contributed by atoms with Crippen LogP contribution in [-0.4, -0.2) is 16.7 Å². The molecule has 2 aromatic rings. The lowest BCUT2D eigenvalue weighted by Gasteiger charge is -2.22. The highest BCUT2D eigenvalue weighted by Crippen LogP contribution is 2.31. The summed E-state index contributed by atoms with van der Waals surface area (Å²) in [7, 11) is 0. The lowest BCUT2D eigenvalue weighted by molar-refractivity contribution is 0.253. The molecular formula is C14H17N3O2. The van der Waals surface area contributed by atoms with Crippen molar-refractivity contribution >= 4 is 0 Å². The van der Waals surface area contributed by atoms with Crippen molar-refractivity contribution in [2.45, 2.75) is 31.7 Å². The van der Waals surface area contributed by atoms with E-state index >= 15 is 0 Å². The van der Waals surface area contributed by atoms with E-state index in [4.69, 9.17) is 15.0 Å². The number of aromatic nitrogens is 2. The fourth-order valence-electron chi connectivity index (χ4n) is 2.23. The second-order valence-corrected chi connectivity index (χ2v) is 4.83. The molecule has 2 unspecified atom stereocenters. The van der Waals surface area contributed by atoms with E-state index in [0.717, 1.165) is 18.6 Å².